The number of nitrogens with zero attached hydrogens (tertiary/aromatic N) is 3. The standard InChI is InChI=1S/C16H18FN3O/c1-11-14(17)7-19-8-15(11)20-9-12(10-20)5-16(21)13-3-2-4-18-6-13/h2-4,6-8,12,16,21H,5,9-10H2,1H3. The molecule has 1 unspecified atom stereocenters. The maximum absolute atomic E-state index is 13.5. The van der Waals surface area contributed by atoms with Crippen LogP contribution in [0.3, 0.4) is 0 Å². The number of hydrogen-bond acceptors (Lipinski definition) is 4. The van der Waals surface area contributed by atoms with Gasteiger partial charge in [-0.15, -0.1) is 0 Å². The Kier molecular flexibility index (Phi) is 3.84. The van der Waals surface area contributed by atoms with Gasteiger partial charge in [0.1, 0.15) is 5.82 Å². The molecule has 1 atom stereocenters. The van der Waals surface area contributed by atoms with E-state index >= 15 is 0 Å². The molecule has 0 bridgehead atoms. The van der Waals surface area contributed by atoms with Crippen molar-refractivity contribution in [3.63, 3.8) is 0 Å². The molecule has 0 amide bonds. The van der Waals surface area contributed by atoms with Crippen LogP contribution in [-0.2, 0) is 0 Å². The van der Waals surface area contributed by atoms with Crippen molar-refractivity contribution < 1.29 is 9.50 Å². The highest BCUT2D eigenvalue weighted by atomic mass is 19.1. The van der Waals surface area contributed by atoms with E-state index in [1.807, 2.05) is 12.1 Å². The first kappa shape index (κ1) is 13.9. The second-order valence-electron chi connectivity index (χ2n) is 5.57. The number of aliphatic hydroxyl groups is 1. The molecule has 4 nitrogen and oxygen atoms in total. The Hall–Kier alpha value is -2.01. The third-order valence-electron chi connectivity index (χ3n) is 4.05. The summed E-state index contributed by atoms with van der Waals surface area (Å²) in [5.74, 6) is 0.134. The summed E-state index contributed by atoms with van der Waals surface area (Å²) < 4.78 is 13.5. The zero-order valence-corrected chi connectivity index (χ0v) is 11.9. The van der Waals surface area contributed by atoms with Gasteiger partial charge in [-0.05, 0) is 30.9 Å². The van der Waals surface area contributed by atoms with Crippen LogP contribution in [0.2, 0.25) is 0 Å². The third-order valence-corrected chi connectivity index (χ3v) is 4.05. The summed E-state index contributed by atoms with van der Waals surface area (Å²) in [7, 11) is 0. The molecule has 3 rings (SSSR count). The summed E-state index contributed by atoms with van der Waals surface area (Å²) in [6, 6.07) is 3.71. The second-order valence-corrected chi connectivity index (χ2v) is 5.57. The number of hydrogen-bond donors (Lipinski definition) is 1. The third kappa shape index (κ3) is 2.88. The minimum absolute atomic E-state index is 0.272. The Labute approximate surface area is 123 Å². The lowest BCUT2D eigenvalue weighted by molar-refractivity contribution is 0.134. The van der Waals surface area contributed by atoms with E-state index in [-0.39, 0.29) is 5.82 Å². The fraction of sp³-hybridized carbons (Fsp3) is 0.375. The van der Waals surface area contributed by atoms with Crippen LogP contribution in [-0.4, -0.2) is 28.2 Å². The first-order valence-electron chi connectivity index (χ1n) is 7.08. The normalized spacial score (nSPS) is 16.6. The van der Waals surface area contributed by atoms with Gasteiger partial charge in [0.2, 0.25) is 0 Å². The summed E-state index contributed by atoms with van der Waals surface area (Å²) >= 11 is 0. The van der Waals surface area contributed by atoms with E-state index in [2.05, 4.69) is 14.9 Å². The van der Waals surface area contributed by atoms with Gasteiger partial charge in [-0.1, -0.05) is 6.07 Å². The van der Waals surface area contributed by atoms with Crippen molar-refractivity contribution in [2.24, 2.45) is 5.92 Å². The number of aromatic nitrogens is 2. The minimum Gasteiger partial charge on any atom is -0.388 e. The maximum Gasteiger partial charge on any atom is 0.146 e. The van der Waals surface area contributed by atoms with Crippen LogP contribution in [0.4, 0.5) is 10.1 Å². The van der Waals surface area contributed by atoms with Crippen molar-refractivity contribution in [1.29, 1.82) is 0 Å². The van der Waals surface area contributed by atoms with E-state index in [4.69, 9.17) is 0 Å². The van der Waals surface area contributed by atoms with E-state index in [0.29, 0.717) is 17.9 Å². The van der Waals surface area contributed by atoms with Crippen LogP contribution in [0, 0.1) is 18.7 Å². The molecule has 0 aromatic carbocycles. The predicted molar refractivity (Wildman–Crippen MR) is 78.4 cm³/mol. The average molecular weight is 287 g/mol. The summed E-state index contributed by atoms with van der Waals surface area (Å²) in [5, 5.41) is 10.2. The highest BCUT2D eigenvalue weighted by molar-refractivity contribution is 5.53. The number of aliphatic hydroxyl groups excluding tert-OH is 1. The van der Waals surface area contributed by atoms with E-state index < -0.39 is 6.10 Å². The topological polar surface area (TPSA) is 49.2 Å². The molecule has 0 spiro atoms. The van der Waals surface area contributed by atoms with Crippen molar-refractivity contribution in [2.75, 3.05) is 18.0 Å². The first-order valence-corrected chi connectivity index (χ1v) is 7.08. The molecule has 0 radical (unpaired) electrons. The SMILES string of the molecule is Cc1c(F)cncc1N1CC(CC(O)c2cccnc2)C1. The minimum atomic E-state index is -0.488. The molecule has 1 fully saturated rings. The van der Waals surface area contributed by atoms with Gasteiger partial charge in [-0.2, -0.15) is 0 Å². The summed E-state index contributed by atoms with van der Waals surface area (Å²) in [6.07, 6.45) is 6.54. The Morgan fingerprint density at radius 2 is 2.14 bits per heavy atom. The second kappa shape index (κ2) is 5.77. The Morgan fingerprint density at radius 1 is 1.33 bits per heavy atom. The lowest BCUT2D eigenvalue weighted by Crippen LogP contribution is -2.47. The van der Waals surface area contributed by atoms with Crippen molar-refractivity contribution in [2.45, 2.75) is 19.4 Å². The van der Waals surface area contributed by atoms with Crippen LogP contribution in [0.1, 0.15) is 23.7 Å². The highest BCUT2D eigenvalue weighted by Gasteiger charge is 2.30. The molecular formula is C16H18FN3O. The molecule has 0 saturated carbocycles. The van der Waals surface area contributed by atoms with Gasteiger partial charge in [0, 0.05) is 31.0 Å². The molecule has 1 aliphatic rings. The quantitative estimate of drug-likeness (QED) is 0.938. The van der Waals surface area contributed by atoms with Gasteiger partial charge >= 0.3 is 0 Å². The fourth-order valence-electron chi connectivity index (χ4n) is 2.75. The van der Waals surface area contributed by atoms with Gasteiger partial charge < -0.3 is 10.0 Å². The lowest BCUT2D eigenvalue weighted by atomic mass is 9.90. The average Bonchev–Trinajstić information content (AvgIpc) is 2.47. The first-order chi connectivity index (χ1) is 10.1. The number of anilines is 1. The Morgan fingerprint density at radius 3 is 2.86 bits per heavy atom. The van der Waals surface area contributed by atoms with Crippen molar-refractivity contribution in [1.82, 2.24) is 9.97 Å². The maximum atomic E-state index is 13.5. The predicted octanol–water partition coefficient (Wildman–Crippen LogP) is 2.48. The fourth-order valence-corrected chi connectivity index (χ4v) is 2.75. The summed E-state index contributed by atoms with van der Waals surface area (Å²) in [5.41, 5.74) is 2.33. The van der Waals surface area contributed by atoms with Gasteiger partial charge in [0.05, 0.1) is 24.2 Å². The van der Waals surface area contributed by atoms with Gasteiger partial charge in [-0.25, -0.2) is 4.39 Å². The molecule has 2 aromatic heterocycles. The largest absolute Gasteiger partial charge is 0.388 e. The molecular weight excluding hydrogens is 269 g/mol. The van der Waals surface area contributed by atoms with Gasteiger partial charge in [-0.3, -0.25) is 9.97 Å². The van der Waals surface area contributed by atoms with E-state index in [1.165, 1.54) is 6.20 Å². The van der Waals surface area contributed by atoms with Crippen LogP contribution in [0.15, 0.2) is 36.9 Å². The van der Waals surface area contributed by atoms with Crippen molar-refractivity contribution in [3.8, 4) is 0 Å². The monoisotopic (exact) mass is 287 g/mol. The number of halogens is 1. The Balaban J connectivity index is 1.58. The van der Waals surface area contributed by atoms with E-state index in [1.54, 1.807) is 25.5 Å². The van der Waals surface area contributed by atoms with E-state index in [9.17, 15) is 9.50 Å². The summed E-state index contributed by atoms with van der Waals surface area (Å²) in [6.45, 7) is 3.41. The van der Waals surface area contributed by atoms with Crippen LogP contribution < -0.4 is 4.90 Å². The number of pyridine rings is 2. The molecule has 5 heteroatoms. The van der Waals surface area contributed by atoms with Crippen molar-refractivity contribution >= 4 is 5.69 Å². The van der Waals surface area contributed by atoms with Crippen LogP contribution in [0.25, 0.3) is 0 Å². The van der Waals surface area contributed by atoms with Crippen LogP contribution >= 0.6 is 0 Å². The zero-order chi connectivity index (χ0) is 14.8. The smallest absolute Gasteiger partial charge is 0.146 e. The molecule has 0 aliphatic carbocycles. The lowest BCUT2D eigenvalue weighted by Gasteiger charge is -2.42. The molecule has 1 aliphatic heterocycles. The molecule has 3 heterocycles. The molecule has 1 N–H and O–H groups in total. The Bertz CT molecular complexity index is 614. The highest BCUT2D eigenvalue weighted by Crippen LogP contribution is 2.32. The van der Waals surface area contributed by atoms with Crippen molar-refractivity contribution in [3.05, 3.63) is 53.9 Å². The zero-order valence-electron chi connectivity index (χ0n) is 11.9. The molecule has 1 saturated heterocycles. The molecule has 110 valence electrons. The summed E-state index contributed by atoms with van der Waals surface area (Å²) in [4.78, 5) is 10.0. The van der Waals surface area contributed by atoms with Gasteiger partial charge in [0.25, 0.3) is 0 Å². The molecule has 21 heavy (non-hydrogen) atoms. The molecule has 2 aromatic rings. The number of rotatable bonds is 4. The van der Waals surface area contributed by atoms with Crippen LogP contribution in [0.5, 0.6) is 0 Å². The van der Waals surface area contributed by atoms with Gasteiger partial charge in [0.15, 0.2) is 0 Å². The van der Waals surface area contributed by atoms with E-state index in [0.717, 1.165) is 24.3 Å².